The number of amides is 2. The molecule has 4 N–H and O–H groups in total. The lowest BCUT2D eigenvalue weighted by Crippen LogP contribution is -2.50. The summed E-state index contributed by atoms with van der Waals surface area (Å²) in [6.45, 7) is 19.4. The summed E-state index contributed by atoms with van der Waals surface area (Å²) in [5, 5.41) is 13.4. The SMILES string of the molecule is CC(C)N1CCN(C(=O)c2ccc(Nc3ccc(-c4ccc5c(c4)CNC5=O)n4ccnc34)cc2)CC1.Cc1ccc(-c2ccc(Nc3ccc(N4CCOCC4)cc3)c3nccn23)cc1.Cc1cncc(-c2ccc(Nc3ccc(N4CCOCC4)cc3)c3nccn23)c1. The number of piperazine rings is 1. The zero-order valence-electron chi connectivity index (χ0n) is 54.0. The highest BCUT2D eigenvalue weighted by Gasteiger charge is 2.25. The molecule has 95 heavy (non-hydrogen) atoms. The van der Waals surface area contributed by atoms with E-state index in [2.05, 4.69) is 208 Å². The van der Waals surface area contributed by atoms with Crippen molar-refractivity contribution in [2.24, 2.45) is 0 Å². The van der Waals surface area contributed by atoms with Crippen molar-refractivity contribution in [1.82, 2.24) is 48.3 Å². The number of morpholine rings is 2. The summed E-state index contributed by atoms with van der Waals surface area (Å²) in [6, 6.07) is 54.4. The van der Waals surface area contributed by atoms with Gasteiger partial charge in [-0.3, -0.25) is 32.7 Å². The number of benzene rings is 5. The topological polar surface area (TPSA) is 178 Å². The first-order valence-electron chi connectivity index (χ1n) is 32.6. The lowest BCUT2D eigenvalue weighted by molar-refractivity contribution is 0.0595. The fraction of sp³-hybridized carbons (Fsp3) is 0.237. The van der Waals surface area contributed by atoms with Gasteiger partial charge < -0.3 is 45.4 Å². The number of aromatic nitrogens is 7. The van der Waals surface area contributed by atoms with Crippen LogP contribution in [0, 0.1) is 13.8 Å². The summed E-state index contributed by atoms with van der Waals surface area (Å²) in [5.74, 6) is 0.0662. The summed E-state index contributed by atoms with van der Waals surface area (Å²) in [7, 11) is 0. The fourth-order valence-corrected chi connectivity index (χ4v) is 12.8. The highest BCUT2D eigenvalue weighted by Crippen LogP contribution is 2.34. The molecule has 0 saturated carbocycles. The maximum absolute atomic E-state index is 13.0. The van der Waals surface area contributed by atoms with Gasteiger partial charge in [0.2, 0.25) is 0 Å². The molecule has 480 valence electrons. The Balaban J connectivity index is 0.000000124. The molecular formula is C76H77N15O4. The molecule has 3 fully saturated rings. The Kier molecular flexibility index (Phi) is 18.0. The van der Waals surface area contributed by atoms with Crippen LogP contribution >= 0.6 is 0 Å². The van der Waals surface area contributed by atoms with Gasteiger partial charge in [-0.05, 0) is 177 Å². The van der Waals surface area contributed by atoms with Crippen LogP contribution in [0.1, 0.15) is 51.3 Å². The van der Waals surface area contributed by atoms with Crippen molar-refractivity contribution in [3.63, 3.8) is 0 Å². The highest BCUT2D eigenvalue weighted by molar-refractivity contribution is 5.99. The maximum atomic E-state index is 13.0. The molecule has 0 aliphatic carbocycles. The van der Waals surface area contributed by atoms with Gasteiger partial charge in [0.15, 0.2) is 16.9 Å². The predicted octanol–water partition coefficient (Wildman–Crippen LogP) is 13.3. The quantitative estimate of drug-likeness (QED) is 0.0857. The smallest absolute Gasteiger partial charge is 0.253 e. The number of imidazole rings is 3. The average molecular weight is 1260 g/mol. The first-order valence-corrected chi connectivity index (χ1v) is 32.6. The van der Waals surface area contributed by atoms with E-state index in [0.29, 0.717) is 18.2 Å². The number of rotatable bonds is 13. The van der Waals surface area contributed by atoms with Crippen LogP contribution in [0.15, 0.2) is 207 Å². The molecule has 0 bridgehead atoms. The molecule has 2 amide bonds. The zero-order chi connectivity index (χ0) is 64.8. The normalized spacial score (nSPS) is 14.9. The minimum atomic E-state index is -0.0182. The first-order chi connectivity index (χ1) is 46.5. The lowest BCUT2D eigenvalue weighted by Gasteiger charge is -2.37. The largest absolute Gasteiger partial charge is 0.378 e. The van der Waals surface area contributed by atoms with Crippen molar-refractivity contribution in [2.75, 3.05) is 105 Å². The number of hydrogen-bond donors (Lipinski definition) is 4. The van der Waals surface area contributed by atoms with Crippen LogP contribution in [0.25, 0.3) is 50.7 Å². The van der Waals surface area contributed by atoms with E-state index in [4.69, 9.17) is 9.47 Å². The molecule has 0 spiro atoms. The molecule has 5 aromatic carbocycles. The number of carbonyl (C=O) groups is 2. The highest BCUT2D eigenvalue weighted by atomic mass is 16.5. The van der Waals surface area contributed by atoms with E-state index in [1.54, 1.807) is 6.20 Å². The zero-order valence-corrected chi connectivity index (χ0v) is 54.0. The van der Waals surface area contributed by atoms with Crippen LogP contribution in [-0.2, 0) is 16.0 Å². The standard InChI is InChI=1S/C29H30N6O2.C24H24N4O.C23H23N5O/c1-19(2)33-13-15-34(16-14-33)29(37)20-3-6-23(7-4-20)32-25-9-10-26(35-12-11-30-27(25)35)21-5-8-24-22(17-21)18-31-28(24)36;1-18-2-4-19(5-3-18)23-11-10-22(24-25-12-13-28(23)24)26-20-6-8-21(9-7-20)27-14-16-29-17-15-27;1-17-14-18(16-24-15-17)22-7-6-21(23-25-8-9-28(22)23)26-19-2-4-20(5-3-19)27-10-12-29-13-11-27/h3-12,17,19,32H,13-16,18H2,1-2H3,(H,31,36);2-13,26H,14-17H2,1H3;2-9,14-16,26H,10-13H2,1H3. The number of fused-ring (bicyclic) bond motifs is 4. The van der Waals surface area contributed by atoms with Crippen molar-refractivity contribution >= 4 is 74.3 Å². The minimum Gasteiger partial charge on any atom is -0.378 e. The number of nitrogens with zero attached hydrogens (tertiary/aromatic N) is 11. The molecule has 11 heterocycles. The maximum Gasteiger partial charge on any atom is 0.253 e. The van der Waals surface area contributed by atoms with Gasteiger partial charge in [-0.25, -0.2) is 15.0 Å². The van der Waals surface area contributed by atoms with Gasteiger partial charge in [-0.1, -0.05) is 35.9 Å². The van der Waals surface area contributed by atoms with E-state index in [1.165, 1.54) is 22.5 Å². The van der Waals surface area contributed by atoms with Crippen LogP contribution < -0.4 is 31.1 Å². The van der Waals surface area contributed by atoms with Crippen molar-refractivity contribution < 1.29 is 19.1 Å². The summed E-state index contributed by atoms with van der Waals surface area (Å²) in [4.78, 5) is 52.0. The second-order valence-electron chi connectivity index (χ2n) is 24.6. The molecule has 4 aliphatic heterocycles. The van der Waals surface area contributed by atoms with Crippen LogP contribution in [-0.4, -0.2) is 140 Å². The van der Waals surface area contributed by atoms with Crippen molar-refractivity contribution in [3.05, 3.63) is 235 Å². The Bertz CT molecular complexity index is 4660. The van der Waals surface area contributed by atoms with Gasteiger partial charge in [0.1, 0.15) is 0 Å². The van der Waals surface area contributed by atoms with E-state index in [0.717, 1.165) is 175 Å². The van der Waals surface area contributed by atoms with Gasteiger partial charge >= 0.3 is 0 Å². The predicted molar refractivity (Wildman–Crippen MR) is 378 cm³/mol. The number of ether oxygens (including phenoxy) is 2. The molecule has 4 aliphatic rings. The summed E-state index contributed by atoms with van der Waals surface area (Å²) in [5.41, 5.74) is 22.2. The Morgan fingerprint density at radius 3 is 1.43 bits per heavy atom. The van der Waals surface area contributed by atoms with Crippen molar-refractivity contribution in [1.29, 1.82) is 0 Å². The average Bonchev–Trinajstić information content (AvgIpc) is 2.04. The molecule has 12 aromatic rings. The molecule has 19 heteroatoms. The van der Waals surface area contributed by atoms with Gasteiger partial charge in [0, 0.05) is 160 Å². The molecule has 16 rings (SSSR count). The van der Waals surface area contributed by atoms with E-state index in [-0.39, 0.29) is 11.8 Å². The second kappa shape index (κ2) is 27.8. The third-order valence-corrected chi connectivity index (χ3v) is 18.0. The Morgan fingerprint density at radius 2 is 0.947 bits per heavy atom. The van der Waals surface area contributed by atoms with E-state index < -0.39 is 0 Å². The number of hydrogen-bond acceptors (Lipinski definition) is 14. The first kappa shape index (κ1) is 61.6. The number of carbonyl (C=O) groups excluding carboxylic acids is 2. The van der Waals surface area contributed by atoms with Crippen molar-refractivity contribution in [2.45, 2.75) is 40.3 Å². The summed E-state index contributed by atoms with van der Waals surface area (Å²) < 4.78 is 17.2. The van der Waals surface area contributed by atoms with E-state index in [9.17, 15) is 9.59 Å². The molecule has 0 unspecified atom stereocenters. The molecule has 0 radical (unpaired) electrons. The van der Waals surface area contributed by atoms with Crippen LogP contribution in [0.5, 0.6) is 0 Å². The lowest BCUT2D eigenvalue weighted by atomic mass is 10.0. The monoisotopic (exact) mass is 1260 g/mol. The van der Waals surface area contributed by atoms with Crippen LogP contribution in [0.2, 0.25) is 0 Å². The second-order valence-corrected chi connectivity index (χ2v) is 24.6. The van der Waals surface area contributed by atoms with Gasteiger partial charge in [0.25, 0.3) is 11.8 Å². The molecule has 3 saturated heterocycles. The number of pyridine rings is 4. The third kappa shape index (κ3) is 13.7. The Labute approximate surface area is 552 Å². The van der Waals surface area contributed by atoms with Crippen molar-refractivity contribution in [3.8, 4) is 33.8 Å². The number of nitrogens with one attached hydrogen (secondary N) is 4. The Morgan fingerprint density at radius 1 is 0.484 bits per heavy atom. The van der Waals surface area contributed by atoms with Gasteiger partial charge in [-0.15, -0.1) is 0 Å². The minimum absolute atomic E-state index is 0.0182. The summed E-state index contributed by atoms with van der Waals surface area (Å²) in [6.07, 6.45) is 15.1. The molecule has 7 aromatic heterocycles. The number of anilines is 8. The summed E-state index contributed by atoms with van der Waals surface area (Å²) >= 11 is 0. The van der Waals surface area contributed by atoms with E-state index in [1.807, 2.05) is 95.1 Å². The molecular weight excluding hydrogens is 1190 g/mol. The van der Waals surface area contributed by atoms with E-state index >= 15 is 0 Å². The van der Waals surface area contributed by atoms with Gasteiger partial charge in [-0.2, -0.15) is 0 Å². The molecule has 0 atom stereocenters. The Hall–Kier alpha value is -10.9. The fourth-order valence-electron chi connectivity index (χ4n) is 12.8. The molecule has 19 nitrogen and oxygen atoms in total. The van der Waals surface area contributed by atoms with Gasteiger partial charge in [0.05, 0.1) is 60.6 Å². The van der Waals surface area contributed by atoms with Crippen LogP contribution in [0.3, 0.4) is 0 Å². The third-order valence-electron chi connectivity index (χ3n) is 18.0. The van der Waals surface area contributed by atoms with Crippen LogP contribution in [0.4, 0.5) is 45.5 Å². The number of aryl methyl sites for hydroxylation is 2.